The van der Waals surface area contributed by atoms with Crippen LogP contribution < -0.4 is 5.48 Å². The average Bonchev–Trinajstić information content (AvgIpc) is 2.31. The third-order valence-electron chi connectivity index (χ3n) is 1.55. The Bertz CT molecular complexity index is 102. The summed E-state index contributed by atoms with van der Waals surface area (Å²) in [6, 6.07) is -0.0783. The summed E-state index contributed by atoms with van der Waals surface area (Å²) in [6.07, 6.45) is 2.13. The highest BCUT2D eigenvalue weighted by Gasteiger charge is 2.20. The van der Waals surface area contributed by atoms with Crippen LogP contribution in [0.1, 0.15) is 12.8 Å². The number of rotatable bonds is 3. The van der Waals surface area contributed by atoms with Crippen LogP contribution in [0.5, 0.6) is 0 Å². The molecule has 0 aliphatic carbocycles. The Morgan fingerprint density at radius 2 is 2.50 bits per heavy atom. The van der Waals surface area contributed by atoms with E-state index >= 15 is 0 Å². The maximum Gasteiger partial charge on any atom is 0.109 e. The predicted molar refractivity (Wildman–Crippen MR) is 38.7 cm³/mol. The Morgan fingerprint density at radius 3 is 3.00 bits per heavy atom. The van der Waals surface area contributed by atoms with Gasteiger partial charge >= 0.3 is 0 Å². The lowest BCUT2D eigenvalue weighted by atomic mass is 9.97. The first-order chi connectivity index (χ1) is 4.83. The van der Waals surface area contributed by atoms with Crippen LogP contribution in [-0.2, 0) is 9.57 Å². The van der Waals surface area contributed by atoms with E-state index in [9.17, 15) is 0 Å². The molecule has 3 nitrogen and oxygen atoms in total. The molecule has 0 aromatic carbocycles. The minimum absolute atomic E-state index is 0.0783. The summed E-state index contributed by atoms with van der Waals surface area (Å²) in [4.78, 5) is 4.94. The number of hydroxylamine groups is 1. The van der Waals surface area contributed by atoms with Crippen molar-refractivity contribution >= 4 is 7.85 Å². The predicted octanol–water partition coefficient (Wildman–Crippen LogP) is -0.189. The summed E-state index contributed by atoms with van der Waals surface area (Å²) in [5, 5.41) is 0. The van der Waals surface area contributed by atoms with Crippen molar-refractivity contribution < 1.29 is 9.57 Å². The van der Waals surface area contributed by atoms with Gasteiger partial charge < -0.3 is 4.74 Å². The van der Waals surface area contributed by atoms with Crippen LogP contribution in [0, 0.1) is 0 Å². The van der Waals surface area contributed by atoms with E-state index in [1.807, 2.05) is 0 Å². The smallest absolute Gasteiger partial charge is 0.109 e. The van der Waals surface area contributed by atoms with Crippen molar-refractivity contribution in [3.05, 3.63) is 0 Å². The molecule has 0 unspecified atom stereocenters. The maximum absolute atomic E-state index is 5.50. The third-order valence-corrected chi connectivity index (χ3v) is 1.55. The van der Waals surface area contributed by atoms with E-state index in [1.54, 1.807) is 7.05 Å². The molecule has 2 radical (unpaired) electrons. The molecule has 1 saturated heterocycles. The van der Waals surface area contributed by atoms with Crippen molar-refractivity contribution in [1.29, 1.82) is 0 Å². The van der Waals surface area contributed by atoms with E-state index in [4.69, 9.17) is 17.4 Å². The van der Waals surface area contributed by atoms with Crippen molar-refractivity contribution in [1.82, 2.24) is 5.48 Å². The summed E-state index contributed by atoms with van der Waals surface area (Å²) in [5.41, 5.74) is 2.59. The van der Waals surface area contributed by atoms with Crippen LogP contribution in [0.4, 0.5) is 0 Å². The lowest BCUT2D eigenvalue weighted by molar-refractivity contribution is -0.0272. The molecule has 1 N–H and O–H groups in total. The number of hydrogen-bond donors (Lipinski definition) is 1. The van der Waals surface area contributed by atoms with Gasteiger partial charge in [-0.15, -0.1) is 0 Å². The van der Waals surface area contributed by atoms with Crippen molar-refractivity contribution in [2.45, 2.75) is 24.9 Å². The fourth-order valence-corrected chi connectivity index (χ4v) is 1.03. The second-order valence-corrected chi connectivity index (χ2v) is 2.39. The Hall–Kier alpha value is -0.0551. The van der Waals surface area contributed by atoms with Gasteiger partial charge in [0.2, 0.25) is 0 Å². The second-order valence-electron chi connectivity index (χ2n) is 2.39. The molecular weight excluding hydrogens is 129 g/mol. The Morgan fingerprint density at radius 1 is 1.70 bits per heavy atom. The monoisotopic (exact) mass is 141 g/mol. The molecule has 0 amide bonds. The van der Waals surface area contributed by atoms with E-state index in [2.05, 4.69) is 5.48 Å². The number of ether oxygens (including phenoxy) is 1. The van der Waals surface area contributed by atoms with E-state index < -0.39 is 0 Å². The molecule has 4 heteroatoms. The first-order valence-corrected chi connectivity index (χ1v) is 3.52. The second kappa shape index (κ2) is 3.96. The first-order valence-electron chi connectivity index (χ1n) is 3.52. The topological polar surface area (TPSA) is 30.5 Å². The first kappa shape index (κ1) is 8.05. The van der Waals surface area contributed by atoms with E-state index in [1.165, 1.54) is 0 Å². The van der Waals surface area contributed by atoms with Crippen LogP contribution in [0.25, 0.3) is 0 Å². The largest absolute Gasteiger partial charge is 0.382 e. The van der Waals surface area contributed by atoms with Gasteiger partial charge in [-0.05, 0) is 12.8 Å². The maximum atomic E-state index is 5.50. The zero-order valence-corrected chi connectivity index (χ0v) is 6.17. The summed E-state index contributed by atoms with van der Waals surface area (Å²) in [7, 11) is 7.23. The van der Waals surface area contributed by atoms with Gasteiger partial charge in [-0.3, -0.25) is 4.84 Å². The molecule has 1 fully saturated rings. The van der Waals surface area contributed by atoms with Crippen LogP contribution in [-0.4, -0.2) is 33.6 Å². The van der Waals surface area contributed by atoms with Crippen molar-refractivity contribution in [2.75, 3.05) is 13.7 Å². The quantitative estimate of drug-likeness (QED) is 0.436. The normalized spacial score (nSPS) is 32.9. The molecule has 1 rings (SSSR count). The van der Waals surface area contributed by atoms with Gasteiger partial charge in [0, 0.05) is 13.1 Å². The minimum Gasteiger partial charge on any atom is -0.382 e. The van der Waals surface area contributed by atoms with Crippen molar-refractivity contribution in [3.63, 3.8) is 0 Å². The highest BCUT2D eigenvalue weighted by Crippen LogP contribution is 2.16. The van der Waals surface area contributed by atoms with Crippen LogP contribution in [0.15, 0.2) is 0 Å². The number of nitrogens with one attached hydrogen (secondary N) is 1. The van der Waals surface area contributed by atoms with Gasteiger partial charge in [0.25, 0.3) is 0 Å². The SMILES string of the molecule is [B][C@H]1CC[C@@H](CONC)O1. The van der Waals surface area contributed by atoms with Crippen LogP contribution in [0.2, 0.25) is 0 Å². The highest BCUT2D eigenvalue weighted by molar-refractivity contribution is 6.11. The summed E-state index contributed by atoms with van der Waals surface area (Å²) < 4.78 is 5.28. The lowest BCUT2D eigenvalue weighted by Crippen LogP contribution is -2.21. The Balaban J connectivity index is 2.06. The standard InChI is InChI=1S/C6H12BNO2/c1-8-9-4-5-2-3-6(7)10-5/h5-6,8H,2-4H2,1H3/t5-,6+/m0/s1. The summed E-state index contributed by atoms with van der Waals surface area (Å²) in [6.45, 7) is 0.588. The Labute approximate surface area is 62.4 Å². The van der Waals surface area contributed by atoms with Crippen LogP contribution in [0.3, 0.4) is 0 Å². The van der Waals surface area contributed by atoms with Gasteiger partial charge in [0.1, 0.15) is 7.85 Å². The summed E-state index contributed by atoms with van der Waals surface area (Å²) in [5.74, 6) is 0. The molecular formula is C6H12BNO2. The third kappa shape index (κ3) is 2.29. The fraction of sp³-hybridized carbons (Fsp3) is 1.00. The molecule has 56 valence electrons. The summed E-state index contributed by atoms with van der Waals surface area (Å²) >= 11 is 0. The molecule has 1 aliphatic heterocycles. The highest BCUT2D eigenvalue weighted by atomic mass is 16.7. The van der Waals surface area contributed by atoms with E-state index in [0.29, 0.717) is 6.61 Å². The van der Waals surface area contributed by atoms with Gasteiger partial charge in [-0.1, -0.05) is 0 Å². The molecule has 1 aliphatic rings. The molecule has 10 heavy (non-hydrogen) atoms. The average molecular weight is 141 g/mol. The van der Waals surface area contributed by atoms with Crippen molar-refractivity contribution in [2.24, 2.45) is 0 Å². The molecule has 0 bridgehead atoms. The van der Waals surface area contributed by atoms with Gasteiger partial charge in [-0.2, -0.15) is 0 Å². The molecule has 0 spiro atoms. The van der Waals surface area contributed by atoms with Gasteiger partial charge in [0.05, 0.1) is 12.7 Å². The zero-order chi connectivity index (χ0) is 7.40. The Kier molecular flexibility index (Phi) is 3.18. The molecule has 2 atom stereocenters. The van der Waals surface area contributed by atoms with E-state index in [0.717, 1.165) is 12.8 Å². The van der Waals surface area contributed by atoms with E-state index in [-0.39, 0.29) is 12.1 Å². The van der Waals surface area contributed by atoms with Crippen LogP contribution >= 0.6 is 0 Å². The lowest BCUT2D eigenvalue weighted by Gasteiger charge is -2.09. The molecule has 0 aromatic rings. The fourth-order valence-electron chi connectivity index (χ4n) is 1.03. The number of hydrogen-bond acceptors (Lipinski definition) is 3. The minimum atomic E-state index is -0.0783. The zero-order valence-electron chi connectivity index (χ0n) is 6.17. The van der Waals surface area contributed by atoms with Gasteiger partial charge in [-0.25, -0.2) is 5.48 Å². The molecule has 0 aromatic heterocycles. The van der Waals surface area contributed by atoms with Gasteiger partial charge in [0.15, 0.2) is 0 Å². The molecule has 0 saturated carbocycles. The molecule has 1 heterocycles. The van der Waals surface area contributed by atoms with Crippen molar-refractivity contribution in [3.8, 4) is 0 Å².